The van der Waals surface area contributed by atoms with Crippen LogP contribution in [0.4, 0.5) is 0 Å². The van der Waals surface area contributed by atoms with Crippen LogP contribution in [0.1, 0.15) is 14.9 Å². The molecule has 0 rings (SSSR count). The molecule has 0 saturated heterocycles. The van der Waals surface area contributed by atoms with Gasteiger partial charge in [0.2, 0.25) is 0 Å². The van der Waals surface area contributed by atoms with E-state index in [4.69, 9.17) is 0 Å². The Hall–Kier alpha value is 0.574. The summed E-state index contributed by atoms with van der Waals surface area (Å²) in [4.78, 5) is 0. The van der Waals surface area contributed by atoms with Gasteiger partial charge in [-0.1, -0.05) is 14.9 Å². The van der Waals surface area contributed by atoms with Gasteiger partial charge in [0.1, 0.15) is 0 Å². The molecule has 0 saturated carbocycles. The molecule has 0 aromatic carbocycles. The van der Waals surface area contributed by atoms with Gasteiger partial charge < -0.3 is 9.41 Å². The number of hydrogen-bond acceptors (Lipinski definition) is 0. The van der Waals surface area contributed by atoms with Crippen molar-refractivity contribution in [3.05, 3.63) is 0 Å². The van der Waals surface area contributed by atoms with Crippen LogP contribution in [0.2, 0.25) is 0 Å². The van der Waals surface area contributed by atoms with Gasteiger partial charge in [-0.15, -0.1) is 0 Å². The molecule has 0 aliphatic carbocycles. The van der Waals surface area contributed by atoms with Crippen LogP contribution in [0.25, 0.3) is 0 Å². The molecule has 5 heavy (non-hydrogen) atoms. The molecule has 0 N–H and O–H groups in total. The van der Waals surface area contributed by atoms with E-state index in [1.54, 1.807) is 0 Å². The van der Waals surface area contributed by atoms with E-state index in [9.17, 15) is 0 Å². The van der Waals surface area contributed by atoms with Crippen molar-refractivity contribution in [3.63, 3.8) is 0 Å². The van der Waals surface area contributed by atoms with Gasteiger partial charge in [0.25, 0.3) is 0 Å². The molecule has 0 atom stereocenters. The maximum absolute atomic E-state index is 0. The van der Waals surface area contributed by atoms with Gasteiger partial charge in [-0.05, 0) is 0 Å². The fraction of sp³-hybridized carbons (Fsp3) is 1.00. The zero-order valence-electron chi connectivity index (χ0n) is 1.26. The summed E-state index contributed by atoms with van der Waals surface area (Å²) in [5.74, 6) is 0. The Morgan fingerprint density at radius 1 is 0.600 bits per heavy atom. The first-order chi connectivity index (χ1) is 0. The van der Waals surface area contributed by atoms with E-state index >= 15 is 0 Å². The van der Waals surface area contributed by atoms with E-state index in [2.05, 4.69) is 0 Å². The van der Waals surface area contributed by atoms with Crippen LogP contribution >= 0.6 is 0 Å². The standard InChI is InChI=1S/2CH4.2FH.Ti/h2*1H4;2*1H;/q;;;;+2/p-2. The van der Waals surface area contributed by atoms with E-state index < -0.39 is 0 Å². The van der Waals surface area contributed by atoms with Crippen molar-refractivity contribution < 1.29 is 31.1 Å². The average Bonchev–Trinajstić information content (AvgIpc) is 0. The van der Waals surface area contributed by atoms with Crippen LogP contribution in [0.15, 0.2) is 0 Å². The van der Waals surface area contributed by atoms with Crippen LogP contribution in [0.3, 0.4) is 0 Å². The topological polar surface area (TPSA) is 0 Å². The molecule has 0 fully saturated rings. The van der Waals surface area contributed by atoms with Gasteiger partial charge in [-0.25, -0.2) is 0 Å². The van der Waals surface area contributed by atoms with E-state index in [0.29, 0.717) is 0 Å². The van der Waals surface area contributed by atoms with Gasteiger partial charge in [-0.2, -0.15) is 0 Å². The Bertz CT molecular complexity index is 7.61. The molecule has 0 aliphatic rings. The smallest absolute Gasteiger partial charge is 1.00 e. The Morgan fingerprint density at radius 3 is 0.600 bits per heavy atom. The third-order valence-corrected chi connectivity index (χ3v) is 0. The van der Waals surface area contributed by atoms with Crippen LogP contribution < -0.4 is 9.41 Å². The van der Waals surface area contributed by atoms with Gasteiger partial charge in [0.05, 0.1) is 0 Å². The Balaban J connectivity index is 0. The van der Waals surface area contributed by atoms with Crippen molar-refractivity contribution in [2.75, 3.05) is 0 Å². The minimum absolute atomic E-state index is 0. The molecular formula is C2H8F2Ti. The monoisotopic (exact) mass is 118 g/mol. The molecule has 0 spiro atoms. The van der Waals surface area contributed by atoms with Crippen LogP contribution in [-0.2, 0) is 21.7 Å². The molecule has 0 bridgehead atoms. The van der Waals surface area contributed by atoms with Gasteiger partial charge >= 0.3 is 21.7 Å². The van der Waals surface area contributed by atoms with Crippen molar-refractivity contribution in [3.8, 4) is 0 Å². The first kappa shape index (κ1) is 354. The molecule has 0 heterocycles. The van der Waals surface area contributed by atoms with Crippen molar-refractivity contribution in [1.82, 2.24) is 0 Å². The summed E-state index contributed by atoms with van der Waals surface area (Å²) in [6.45, 7) is 0. The Kier molecular flexibility index (Phi) is 12500. The maximum atomic E-state index is 0. The summed E-state index contributed by atoms with van der Waals surface area (Å²) >= 11 is 0. The average molecular weight is 118 g/mol. The molecule has 0 unspecified atom stereocenters. The summed E-state index contributed by atoms with van der Waals surface area (Å²) in [6, 6.07) is 0. The SMILES string of the molecule is C.C.[F-].[F-].[Ti+2]. The van der Waals surface area contributed by atoms with E-state index in [0.717, 1.165) is 0 Å². The number of rotatable bonds is 0. The Morgan fingerprint density at radius 2 is 0.600 bits per heavy atom. The van der Waals surface area contributed by atoms with E-state index in [1.807, 2.05) is 0 Å². The first-order valence-electron chi connectivity index (χ1n) is 0. The van der Waals surface area contributed by atoms with Crippen LogP contribution in [0, 0.1) is 0 Å². The zero-order chi connectivity index (χ0) is 0. The predicted octanol–water partition coefficient (Wildman–Crippen LogP) is -4.72. The molecule has 0 aromatic heterocycles. The van der Waals surface area contributed by atoms with E-state index in [-0.39, 0.29) is 46.0 Å². The largest absolute Gasteiger partial charge is 2.00 e. The van der Waals surface area contributed by atoms with E-state index in [1.165, 1.54) is 0 Å². The summed E-state index contributed by atoms with van der Waals surface area (Å²) in [7, 11) is 0. The van der Waals surface area contributed by atoms with Gasteiger partial charge in [0, 0.05) is 0 Å². The quantitative estimate of drug-likeness (QED) is 0.280. The first-order valence-corrected chi connectivity index (χ1v) is 0. The summed E-state index contributed by atoms with van der Waals surface area (Å²) < 4.78 is 0. The second-order valence-corrected chi connectivity index (χ2v) is 0. The maximum Gasteiger partial charge on any atom is 2.00 e. The Labute approximate surface area is 46.6 Å². The van der Waals surface area contributed by atoms with Crippen molar-refractivity contribution in [1.29, 1.82) is 0 Å². The molecular weight excluding hydrogens is 110 g/mol. The van der Waals surface area contributed by atoms with Crippen molar-refractivity contribution in [2.24, 2.45) is 0 Å². The summed E-state index contributed by atoms with van der Waals surface area (Å²) in [5, 5.41) is 0. The second kappa shape index (κ2) is 177. The fourth-order valence-electron chi connectivity index (χ4n) is 0. The number of hydrogen-bond donors (Lipinski definition) is 0. The summed E-state index contributed by atoms with van der Waals surface area (Å²) in [5.41, 5.74) is 0. The van der Waals surface area contributed by atoms with Crippen molar-refractivity contribution >= 4 is 0 Å². The zero-order valence-corrected chi connectivity index (χ0v) is 2.82. The van der Waals surface area contributed by atoms with Gasteiger partial charge in [0.15, 0.2) is 0 Å². The minimum atomic E-state index is 0. The van der Waals surface area contributed by atoms with Crippen LogP contribution in [-0.4, -0.2) is 0 Å². The molecule has 0 amide bonds. The molecule has 0 aliphatic heterocycles. The summed E-state index contributed by atoms with van der Waals surface area (Å²) in [6.07, 6.45) is 0. The van der Waals surface area contributed by atoms with Crippen LogP contribution in [0.5, 0.6) is 0 Å². The third-order valence-electron chi connectivity index (χ3n) is 0. The second-order valence-electron chi connectivity index (χ2n) is 0. The normalized spacial score (nSPS) is 0. The van der Waals surface area contributed by atoms with Crippen molar-refractivity contribution in [2.45, 2.75) is 14.9 Å². The molecule has 3 heteroatoms. The molecule has 0 radical (unpaired) electrons. The molecule has 0 aromatic rings. The predicted molar refractivity (Wildman–Crippen MR) is 13.5 cm³/mol. The third kappa shape index (κ3) is 91.9. The minimum Gasteiger partial charge on any atom is -1.00 e. The van der Waals surface area contributed by atoms with Gasteiger partial charge in [-0.3, -0.25) is 0 Å². The molecule has 34 valence electrons. The number of halogens is 2. The fourth-order valence-corrected chi connectivity index (χ4v) is 0. The molecule has 0 nitrogen and oxygen atoms in total.